The molecular formula is C12H21NO2. The molecule has 0 aliphatic heterocycles. The number of fused-ring (bicyclic) bond motifs is 1. The molecule has 0 spiro atoms. The van der Waals surface area contributed by atoms with Crippen LogP contribution in [0.1, 0.15) is 33.1 Å². The second-order valence-corrected chi connectivity index (χ2v) is 4.47. The van der Waals surface area contributed by atoms with E-state index in [1.165, 1.54) is 19.3 Å². The summed E-state index contributed by atoms with van der Waals surface area (Å²) in [5.41, 5.74) is 7.32. The van der Waals surface area contributed by atoms with E-state index in [0.717, 1.165) is 31.2 Å². The first-order valence-corrected chi connectivity index (χ1v) is 5.67. The number of carbonyl (C=O) groups is 1. The van der Waals surface area contributed by atoms with Gasteiger partial charge in [-0.25, -0.2) is 0 Å². The normalized spacial score (nSPS) is 31.9. The molecule has 2 aliphatic carbocycles. The molecule has 0 bridgehead atoms. The van der Waals surface area contributed by atoms with Gasteiger partial charge >= 0.3 is 0 Å². The van der Waals surface area contributed by atoms with Crippen molar-refractivity contribution >= 4 is 5.97 Å². The van der Waals surface area contributed by atoms with E-state index >= 15 is 0 Å². The maximum absolute atomic E-state index is 9.00. The highest BCUT2D eigenvalue weighted by molar-refractivity contribution is 5.62. The van der Waals surface area contributed by atoms with E-state index < -0.39 is 5.97 Å². The van der Waals surface area contributed by atoms with Gasteiger partial charge in [0.25, 0.3) is 5.97 Å². The summed E-state index contributed by atoms with van der Waals surface area (Å²) in [6.07, 6.45) is 6.51. The van der Waals surface area contributed by atoms with Gasteiger partial charge in [0.1, 0.15) is 0 Å². The van der Waals surface area contributed by atoms with Crippen LogP contribution in [0.4, 0.5) is 0 Å². The molecule has 15 heavy (non-hydrogen) atoms. The highest BCUT2D eigenvalue weighted by Crippen LogP contribution is 2.49. The molecule has 0 radical (unpaired) electrons. The van der Waals surface area contributed by atoms with Gasteiger partial charge in [-0.1, -0.05) is 18.6 Å². The quantitative estimate of drug-likeness (QED) is 0.687. The van der Waals surface area contributed by atoms with Crippen molar-refractivity contribution in [3.63, 3.8) is 0 Å². The van der Waals surface area contributed by atoms with Crippen LogP contribution in [0.2, 0.25) is 0 Å². The van der Waals surface area contributed by atoms with E-state index in [-0.39, 0.29) is 0 Å². The Morgan fingerprint density at radius 3 is 2.73 bits per heavy atom. The topological polar surface area (TPSA) is 63.3 Å². The predicted octanol–water partition coefficient (Wildman–Crippen LogP) is 2.03. The van der Waals surface area contributed by atoms with Crippen LogP contribution in [-0.2, 0) is 4.79 Å². The Morgan fingerprint density at radius 2 is 2.27 bits per heavy atom. The van der Waals surface area contributed by atoms with Crippen molar-refractivity contribution in [2.75, 3.05) is 6.54 Å². The van der Waals surface area contributed by atoms with E-state index in [1.807, 2.05) is 0 Å². The highest BCUT2D eigenvalue weighted by atomic mass is 16.4. The lowest BCUT2D eigenvalue weighted by atomic mass is 9.66. The van der Waals surface area contributed by atoms with Crippen LogP contribution in [0.3, 0.4) is 0 Å². The van der Waals surface area contributed by atoms with E-state index in [2.05, 4.69) is 13.0 Å². The first kappa shape index (κ1) is 12.2. The number of carboxylic acid groups (broad SMARTS) is 1. The molecule has 86 valence electrons. The number of hydrogen-bond donors (Lipinski definition) is 2. The van der Waals surface area contributed by atoms with Gasteiger partial charge in [-0.2, -0.15) is 0 Å². The van der Waals surface area contributed by atoms with Gasteiger partial charge in [0.2, 0.25) is 0 Å². The third-order valence-electron chi connectivity index (χ3n) is 3.40. The first-order valence-electron chi connectivity index (χ1n) is 5.67. The van der Waals surface area contributed by atoms with Crippen molar-refractivity contribution in [2.24, 2.45) is 23.5 Å². The van der Waals surface area contributed by atoms with Crippen molar-refractivity contribution in [1.82, 2.24) is 0 Å². The van der Waals surface area contributed by atoms with E-state index in [0.29, 0.717) is 0 Å². The van der Waals surface area contributed by atoms with Crippen LogP contribution in [0.15, 0.2) is 11.6 Å². The molecule has 0 aromatic heterocycles. The van der Waals surface area contributed by atoms with Gasteiger partial charge in [0.15, 0.2) is 0 Å². The summed E-state index contributed by atoms with van der Waals surface area (Å²) in [5.74, 6) is 1.84. The number of allylic oxidation sites excluding steroid dienone is 2. The molecule has 0 heterocycles. The maximum atomic E-state index is 9.00. The smallest absolute Gasteiger partial charge is 0.300 e. The molecule has 0 amide bonds. The number of nitrogens with two attached hydrogens (primary N) is 1. The molecule has 2 aliphatic rings. The van der Waals surface area contributed by atoms with Gasteiger partial charge < -0.3 is 10.8 Å². The summed E-state index contributed by atoms with van der Waals surface area (Å²) < 4.78 is 0. The Labute approximate surface area is 91.4 Å². The molecule has 0 aromatic carbocycles. The van der Waals surface area contributed by atoms with Crippen molar-refractivity contribution in [3.8, 4) is 0 Å². The van der Waals surface area contributed by atoms with Crippen LogP contribution in [-0.4, -0.2) is 17.6 Å². The number of carboxylic acids is 1. The second kappa shape index (κ2) is 5.31. The average molecular weight is 211 g/mol. The Balaban J connectivity index is 0.000000245. The molecular weight excluding hydrogens is 190 g/mol. The number of aliphatic carboxylic acids is 1. The molecule has 3 unspecified atom stereocenters. The van der Waals surface area contributed by atoms with Crippen LogP contribution < -0.4 is 5.73 Å². The minimum Gasteiger partial charge on any atom is -0.481 e. The minimum absolute atomic E-state index is 0.823. The predicted molar refractivity (Wildman–Crippen MR) is 60.4 cm³/mol. The molecule has 0 saturated heterocycles. The minimum atomic E-state index is -0.833. The fourth-order valence-electron chi connectivity index (χ4n) is 2.58. The Kier molecular flexibility index (Phi) is 4.33. The van der Waals surface area contributed by atoms with Crippen LogP contribution in [0.5, 0.6) is 0 Å². The third kappa shape index (κ3) is 3.06. The summed E-state index contributed by atoms with van der Waals surface area (Å²) in [6, 6.07) is 0. The molecule has 2 rings (SSSR count). The molecule has 3 atom stereocenters. The van der Waals surface area contributed by atoms with Gasteiger partial charge in [-0.05, 0) is 43.6 Å². The van der Waals surface area contributed by atoms with Gasteiger partial charge in [0, 0.05) is 6.92 Å². The molecule has 3 nitrogen and oxygen atoms in total. The summed E-state index contributed by atoms with van der Waals surface area (Å²) in [6.45, 7) is 4.24. The number of hydrogen-bond acceptors (Lipinski definition) is 2. The summed E-state index contributed by atoms with van der Waals surface area (Å²) in [5, 5.41) is 7.42. The van der Waals surface area contributed by atoms with E-state index in [4.69, 9.17) is 15.6 Å². The summed E-state index contributed by atoms with van der Waals surface area (Å²) in [4.78, 5) is 9.00. The Morgan fingerprint density at radius 1 is 1.67 bits per heavy atom. The van der Waals surface area contributed by atoms with E-state index in [9.17, 15) is 0 Å². The first-order chi connectivity index (χ1) is 7.08. The van der Waals surface area contributed by atoms with Crippen LogP contribution >= 0.6 is 0 Å². The zero-order chi connectivity index (χ0) is 11.4. The summed E-state index contributed by atoms with van der Waals surface area (Å²) >= 11 is 0. The fraction of sp³-hybridized carbons (Fsp3) is 0.750. The largest absolute Gasteiger partial charge is 0.481 e. The lowest BCUT2D eigenvalue weighted by Crippen LogP contribution is -2.37. The van der Waals surface area contributed by atoms with Gasteiger partial charge in [-0.15, -0.1) is 0 Å². The third-order valence-corrected chi connectivity index (χ3v) is 3.40. The molecule has 0 aromatic rings. The lowest BCUT2D eigenvalue weighted by molar-refractivity contribution is -0.134. The fourth-order valence-corrected chi connectivity index (χ4v) is 2.58. The van der Waals surface area contributed by atoms with Gasteiger partial charge in [-0.3, -0.25) is 4.79 Å². The Bertz CT molecular complexity index is 256. The Hall–Kier alpha value is -0.830. The lowest BCUT2D eigenvalue weighted by Gasteiger charge is -2.39. The van der Waals surface area contributed by atoms with Crippen molar-refractivity contribution < 1.29 is 9.90 Å². The monoisotopic (exact) mass is 211 g/mol. The van der Waals surface area contributed by atoms with Gasteiger partial charge in [0.05, 0.1) is 0 Å². The van der Waals surface area contributed by atoms with E-state index in [1.54, 1.807) is 5.57 Å². The standard InChI is InChI=1S/C10H17N.C2H4O2/c1-2-7-3-8-5-9(6-11)10(8)4-7;1-2(3)4/h4,8-10H,2-3,5-6,11H2,1H3;1H3,(H,3,4). The molecule has 3 N–H and O–H groups in total. The van der Waals surface area contributed by atoms with Crippen molar-refractivity contribution in [2.45, 2.75) is 33.1 Å². The molecule has 1 saturated carbocycles. The SMILES string of the molecule is CC(=O)O.CCC1=CC2C(CN)CC2C1. The number of rotatable bonds is 2. The second-order valence-electron chi connectivity index (χ2n) is 4.47. The zero-order valence-corrected chi connectivity index (χ0v) is 9.57. The van der Waals surface area contributed by atoms with Crippen LogP contribution in [0, 0.1) is 17.8 Å². The molecule has 1 fully saturated rings. The zero-order valence-electron chi connectivity index (χ0n) is 9.57. The van der Waals surface area contributed by atoms with Crippen LogP contribution in [0.25, 0.3) is 0 Å². The van der Waals surface area contributed by atoms with Crippen molar-refractivity contribution in [3.05, 3.63) is 11.6 Å². The average Bonchev–Trinajstić information content (AvgIpc) is 2.44. The molecule has 3 heteroatoms. The van der Waals surface area contributed by atoms with Crippen molar-refractivity contribution in [1.29, 1.82) is 0 Å². The summed E-state index contributed by atoms with van der Waals surface area (Å²) in [7, 11) is 0. The maximum Gasteiger partial charge on any atom is 0.300 e. The highest BCUT2D eigenvalue weighted by Gasteiger charge is 2.41.